The summed E-state index contributed by atoms with van der Waals surface area (Å²) >= 11 is 0. The second-order valence-corrected chi connectivity index (χ2v) is 5.06. The summed E-state index contributed by atoms with van der Waals surface area (Å²) < 4.78 is 0. The van der Waals surface area contributed by atoms with Gasteiger partial charge in [0.1, 0.15) is 0 Å². The number of carbonyl (C=O) groups excluding carboxylic acids is 1. The molecule has 104 valence electrons. The number of amides is 1. The highest BCUT2D eigenvalue weighted by Crippen LogP contribution is 2.22. The van der Waals surface area contributed by atoms with Gasteiger partial charge >= 0.3 is 0 Å². The number of hydrogen-bond donors (Lipinski definition) is 2. The van der Waals surface area contributed by atoms with E-state index in [9.17, 15) is 9.90 Å². The van der Waals surface area contributed by atoms with Crippen molar-refractivity contribution in [3.63, 3.8) is 0 Å². The average Bonchev–Trinajstić information content (AvgIpc) is 2.46. The lowest BCUT2D eigenvalue weighted by Crippen LogP contribution is -2.41. The van der Waals surface area contributed by atoms with Crippen LogP contribution in [0.3, 0.4) is 0 Å². The van der Waals surface area contributed by atoms with E-state index in [4.69, 9.17) is 0 Å². The first-order valence-electron chi connectivity index (χ1n) is 6.70. The SMILES string of the molecule is CNc1cc(C)ncc1C(=O)N1CCCC(CO)C1. The molecule has 2 rings (SSSR count). The van der Waals surface area contributed by atoms with Gasteiger partial charge in [-0.05, 0) is 31.7 Å². The van der Waals surface area contributed by atoms with Crippen LogP contribution >= 0.6 is 0 Å². The number of aromatic nitrogens is 1. The summed E-state index contributed by atoms with van der Waals surface area (Å²) in [5, 5.41) is 12.3. The smallest absolute Gasteiger partial charge is 0.257 e. The first-order valence-corrected chi connectivity index (χ1v) is 6.70. The number of pyridine rings is 1. The number of carbonyl (C=O) groups is 1. The first kappa shape index (κ1) is 13.8. The van der Waals surface area contributed by atoms with Crippen molar-refractivity contribution >= 4 is 11.6 Å². The summed E-state index contributed by atoms with van der Waals surface area (Å²) in [4.78, 5) is 18.5. The first-order chi connectivity index (χ1) is 9.15. The fourth-order valence-electron chi connectivity index (χ4n) is 2.51. The van der Waals surface area contributed by atoms with Crippen LogP contribution in [-0.4, -0.2) is 47.6 Å². The highest BCUT2D eigenvalue weighted by atomic mass is 16.3. The summed E-state index contributed by atoms with van der Waals surface area (Å²) in [7, 11) is 1.80. The Hall–Kier alpha value is -1.62. The minimum absolute atomic E-state index is 0.00463. The van der Waals surface area contributed by atoms with Gasteiger partial charge in [0.05, 0.1) is 11.3 Å². The lowest BCUT2D eigenvalue weighted by atomic mass is 9.98. The summed E-state index contributed by atoms with van der Waals surface area (Å²) in [6.07, 6.45) is 3.57. The van der Waals surface area contributed by atoms with E-state index in [1.807, 2.05) is 17.9 Å². The van der Waals surface area contributed by atoms with Gasteiger partial charge < -0.3 is 15.3 Å². The van der Waals surface area contributed by atoms with Crippen molar-refractivity contribution in [3.8, 4) is 0 Å². The van der Waals surface area contributed by atoms with Gasteiger partial charge in [0.15, 0.2) is 0 Å². The van der Waals surface area contributed by atoms with Crippen molar-refractivity contribution in [3.05, 3.63) is 23.5 Å². The predicted octanol–water partition coefficient (Wildman–Crippen LogP) is 1.28. The predicted molar refractivity (Wildman–Crippen MR) is 74.2 cm³/mol. The van der Waals surface area contributed by atoms with Crippen LogP contribution in [0, 0.1) is 12.8 Å². The fraction of sp³-hybridized carbons (Fsp3) is 0.571. The Morgan fingerprint density at radius 3 is 3.11 bits per heavy atom. The lowest BCUT2D eigenvalue weighted by Gasteiger charge is -2.32. The van der Waals surface area contributed by atoms with Crippen LogP contribution in [0.5, 0.6) is 0 Å². The zero-order chi connectivity index (χ0) is 13.8. The number of anilines is 1. The van der Waals surface area contributed by atoms with E-state index in [1.165, 1.54) is 0 Å². The molecule has 1 aromatic heterocycles. The molecule has 0 aromatic carbocycles. The second-order valence-electron chi connectivity index (χ2n) is 5.06. The third kappa shape index (κ3) is 3.04. The van der Waals surface area contributed by atoms with Gasteiger partial charge in [-0.1, -0.05) is 0 Å². The number of aliphatic hydroxyl groups excluding tert-OH is 1. The van der Waals surface area contributed by atoms with Crippen LogP contribution in [0.2, 0.25) is 0 Å². The minimum atomic E-state index is -0.00463. The Labute approximate surface area is 113 Å². The standard InChI is InChI=1S/C14H21N3O2/c1-10-6-13(15-2)12(7-16-10)14(19)17-5-3-4-11(8-17)9-18/h6-7,11,18H,3-5,8-9H2,1-2H3,(H,15,16). The second kappa shape index (κ2) is 6.02. The van der Waals surface area contributed by atoms with Crippen LogP contribution < -0.4 is 5.32 Å². The zero-order valence-corrected chi connectivity index (χ0v) is 11.5. The van der Waals surface area contributed by atoms with Gasteiger partial charge in [-0.2, -0.15) is 0 Å². The highest BCUT2D eigenvalue weighted by molar-refractivity contribution is 5.99. The summed E-state index contributed by atoms with van der Waals surface area (Å²) in [5.41, 5.74) is 2.29. The van der Waals surface area contributed by atoms with E-state index in [-0.39, 0.29) is 18.4 Å². The maximum atomic E-state index is 12.5. The Kier molecular flexibility index (Phi) is 4.37. The number of nitrogens with zero attached hydrogens (tertiary/aromatic N) is 2. The van der Waals surface area contributed by atoms with E-state index in [2.05, 4.69) is 10.3 Å². The number of aliphatic hydroxyl groups is 1. The molecule has 1 fully saturated rings. The molecule has 5 nitrogen and oxygen atoms in total. The zero-order valence-electron chi connectivity index (χ0n) is 11.5. The largest absolute Gasteiger partial charge is 0.396 e. The van der Waals surface area contributed by atoms with Gasteiger partial charge in [-0.3, -0.25) is 9.78 Å². The van der Waals surface area contributed by atoms with Gasteiger partial charge in [-0.15, -0.1) is 0 Å². The molecule has 1 aliphatic heterocycles. The Morgan fingerprint density at radius 1 is 1.63 bits per heavy atom. The molecule has 0 radical (unpaired) electrons. The number of rotatable bonds is 3. The van der Waals surface area contributed by atoms with E-state index < -0.39 is 0 Å². The van der Waals surface area contributed by atoms with Gasteiger partial charge in [0.25, 0.3) is 5.91 Å². The van der Waals surface area contributed by atoms with Crippen LogP contribution in [0.4, 0.5) is 5.69 Å². The summed E-state index contributed by atoms with van der Waals surface area (Å²) in [6, 6.07) is 1.88. The number of hydrogen-bond acceptors (Lipinski definition) is 4. The summed E-state index contributed by atoms with van der Waals surface area (Å²) in [6.45, 7) is 3.44. The van der Waals surface area contributed by atoms with E-state index in [0.717, 1.165) is 30.8 Å². The van der Waals surface area contributed by atoms with Crippen molar-refractivity contribution < 1.29 is 9.90 Å². The molecule has 1 atom stereocenters. The summed E-state index contributed by atoms with van der Waals surface area (Å²) in [5.74, 6) is 0.198. The normalized spacial score (nSPS) is 19.3. The number of likely N-dealkylation sites (tertiary alicyclic amines) is 1. The van der Waals surface area contributed by atoms with Crippen LogP contribution in [-0.2, 0) is 0 Å². The molecule has 0 bridgehead atoms. The topological polar surface area (TPSA) is 65.5 Å². The molecule has 2 N–H and O–H groups in total. The van der Waals surface area contributed by atoms with Crippen molar-refractivity contribution in [2.45, 2.75) is 19.8 Å². The van der Waals surface area contributed by atoms with Gasteiger partial charge in [-0.25, -0.2) is 0 Å². The van der Waals surface area contributed by atoms with E-state index in [1.54, 1.807) is 13.2 Å². The van der Waals surface area contributed by atoms with Crippen molar-refractivity contribution in [2.75, 3.05) is 32.1 Å². The highest BCUT2D eigenvalue weighted by Gasteiger charge is 2.25. The Bertz CT molecular complexity index is 462. The van der Waals surface area contributed by atoms with Gasteiger partial charge in [0, 0.05) is 38.6 Å². The molecule has 2 heterocycles. The van der Waals surface area contributed by atoms with Crippen molar-refractivity contribution in [2.24, 2.45) is 5.92 Å². The van der Waals surface area contributed by atoms with Crippen LogP contribution in [0.25, 0.3) is 0 Å². The number of aryl methyl sites for hydroxylation is 1. The molecule has 19 heavy (non-hydrogen) atoms. The minimum Gasteiger partial charge on any atom is -0.396 e. The van der Waals surface area contributed by atoms with Crippen molar-refractivity contribution in [1.29, 1.82) is 0 Å². The molecule has 1 unspecified atom stereocenters. The van der Waals surface area contributed by atoms with Crippen LogP contribution in [0.15, 0.2) is 12.3 Å². The molecule has 1 aliphatic rings. The molecule has 0 aliphatic carbocycles. The molecule has 0 saturated carbocycles. The molecule has 0 spiro atoms. The molecule has 1 aromatic rings. The Morgan fingerprint density at radius 2 is 2.42 bits per heavy atom. The molecule has 1 amide bonds. The Balaban J connectivity index is 2.19. The van der Waals surface area contributed by atoms with E-state index >= 15 is 0 Å². The third-order valence-electron chi connectivity index (χ3n) is 3.60. The molecule has 5 heteroatoms. The van der Waals surface area contributed by atoms with Crippen LogP contribution in [0.1, 0.15) is 28.9 Å². The maximum absolute atomic E-state index is 12.5. The lowest BCUT2D eigenvalue weighted by molar-refractivity contribution is 0.0621. The maximum Gasteiger partial charge on any atom is 0.257 e. The third-order valence-corrected chi connectivity index (χ3v) is 3.60. The number of piperidine rings is 1. The average molecular weight is 263 g/mol. The van der Waals surface area contributed by atoms with Gasteiger partial charge in [0.2, 0.25) is 0 Å². The number of nitrogens with one attached hydrogen (secondary N) is 1. The molecule has 1 saturated heterocycles. The van der Waals surface area contributed by atoms with Crippen molar-refractivity contribution in [1.82, 2.24) is 9.88 Å². The quantitative estimate of drug-likeness (QED) is 0.862. The van der Waals surface area contributed by atoms with E-state index in [0.29, 0.717) is 12.1 Å². The monoisotopic (exact) mass is 263 g/mol. The fourth-order valence-corrected chi connectivity index (χ4v) is 2.51. The molecular weight excluding hydrogens is 242 g/mol. The molecular formula is C14H21N3O2.